The molecule has 1 aromatic carbocycles. The van der Waals surface area contributed by atoms with Crippen molar-refractivity contribution in [2.45, 2.75) is 11.7 Å². The van der Waals surface area contributed by atoms with Crippen LogP contribution in [0.5, 0.6) is 11.5 Å². The maximum atomic E-state index is 9.28. The molecule has 0 radical (unpaired) electrons. The van der Waals surface area contributed by atoms with Gasteiger partial charge in [-0.3, -0.25) is 5.73 Å². The molecular weight excluding hydrogens is 206 g/mol. The summed E-state index contributed by atoms with van der Waals surface area (Å²) in [6.45, 7) is 0. The average Bonchev–Trinajstić information content (AvgIpc) is 2.07. The van der Waals surface area contributed by atoms with Crippen LogP contribution in [0.15, 0.2) is 18.2 Å². The Kier molecular flexibility index (Phi) is 2.60. The van der Waals surface area contributed by atoms with E-state index in [0.717, 1.165) is 18.2 Å². The normalized spacial score (nSPS) is 12.9. The van der Waals surface area contributed by atoms with E-state index in [9.17, 15) is 10.2 Å². The fourth-order valence-corrected chi connectivity index (χ4v) is 0.953. The van der Waals surface area contributed by atoms with Crippen molar-refractivity contribution < 1.29 is 30.6 Å². The topological polar surface area (TPSA) is 147 Å². The molecule has 0 heterocycles. The van der Waals surface area contributed by atoms with Crippen LogP contribution in [0.4, 0.5) is 0 Å². The summed E-state index contributed by atoms with van der Waals surface area (Å²) in [6, 6.07) is 2.64. The maximum Gasteiger partial charge on any atom is 0.281 e. The average molecular weight is 217 g/mol. The van der Waals surface area contributed by atoms with Crippen LogP contribution in [0.2, 0.25) is 0 Å². The third-order valence-electron chi connectivity index (χ3n) is 1.89. The van der Waals surface area contributed by atoms with Gasteiger partial charge in [-0.25, -0.2) is 0 Å². The molecule has 0 saturated heterocycles. The van der Waals surface area contributed by atoms with Crippen molar-refractivity contribution in [3.63, 3.8) is 0 Å². The lowest BCUT2D eigenvalue weighted by molar-refractivity contribution is -0.363. The van der Waals surface area contributed by atoms with Gasteiger partial charge in [0.2, 0.25) is 0 Å². The summed E-state index contributed by atoms with van der Waals surface area (Å²) in [7, 11) is 0. The Balaban J connectivity index is 3.22. The van der Waals surface area contributed by atoms with Crippen LogP contribution >= 0.6 is 0 Å². The molecule has 0 unspecified atom stereocenters. The first-order valence-corrected chi connectivity index (χ1v) is 3.87. The smallest absolute Gasteiger partial charge is 0.281 e. The van der Waals surface area contributed by atoms with Gasteiger partial charge < -0.3 is 30.6 Å². The molecule has 0 aliphatic carbocycles. The van der Waals surface area contributed by atoms with Crippen LogP contribution in [-0.4, -0.2) is 36.6 Å². The van der Waals surface area contributed by atoms with E-state index in [4.69, 9.17) is 26.2 Å². The summed E-state index contributed by atoms with van der Waals surface area (Å²) >= 11 is 0. The largest absolute Gasteiger partial charge is 0.504 e. The molecule has 1 aromatic rings. The first-order chi connectivity index (χ1) is 6.66. The number of aliphatic hydroxyl groups is 4. The second kappa shape index (κ2) is 3.33. The molecule has 7 nitrogen and oxygen atoms in total. The van der Waals surface area contributed by atoms with Crippen LogP contribution in [0.3, 0.4) is 0 Å². The van der Waals surface area contributed by atoms with Gasteiger partial charge in [0, 0.05) is 5.56 Å². The van der Waals surface area contributed by atoms with Gasteiger partial charge in [0.15, 0.2) is 11.5 Å². The first kappa shape index (κ1) is 11.7. The molecule has 0 aliphatic rings. The summed E-state index contributed by atoms with van der Waals surface area (Å²) in [4.78, 5) is 0. The van der Waals surface area contributed by atoms with Crippen molar-refractivity contribution in [2.75, 3.05) is 0 Å². The Hall–Kier alpha value is -1.38. The Morgan fingerprint density at radius 3 is 1.87 bits per heavy atom. The predicted octanol–water partition coefficient (Wildman–Crippen LogP) is -2.17. The predicted molar refractivity (Wildman–Crippen MR) is 47.2 cm³/mol. The highest BCUT2D eigenvalue weighted by Gasteiger charge is 2.46. The Morgan fingerprint density at radius 1 is 0.933 bits per heavy atom. The Labute approximate surface area is 84.3 Å². The Morgan fingerprint density at radius 2 is 1.47 bits per heavy atom. The number of hydrogen-bond acceptors (Lipinski definition) is 7. The van der Waals surface area contributed by atoms with Gasteiger partial charge in [0.1, 0.15) is 0 Å². The monoisotopic (exact) mass is 217 g/mol. The Bertz CT molecular complexity index is 370. The van der Waals surface area contributed by atoms with E-state index in [1.807, 2.05) is 0 Å². The van der Waals surface area contributed by atoms with E-state index in [1.165, 1.54) is 0 Å². The number of benzene rings is 1. The van der Waals surface area contributed by atoms with Crippen LogP contribution in [0.1, 0.15) is 5.56 Å². The van der Waals surface area contributed by atoms with Crippen molar-refractivity contribution in [3.8, 4) is 11.5 Å². The zero-order valence-corrected chi connectivity index (χ0v) is 7.49. The standard InChI is InChI=1S/C8H11NO6/c9-8(14,15)7(12,13)4-1-2-5(10)6(11)3-4/h1-3,10-15H,9H2. The molecule has 0 atom stereocenters. The van der Waals surface area contributed by atoms with Crippen molar-refractivity contribution in [1.29, 1.82) is 0 Å². The highest BCUT2D eigenvalue weighted by Crippen LogP contribution is 2.32. The van der Waals surface area contributed by atoms with Crippen molar-refractivity contribution in [1.82, 2.24) is 0 Å². The van der Waals surface area contributed by atoms with Crippen molar-refractivity contribution in [3.05, 3.63) is 23.8 Å². The second-order valence-electron chi connectivity index (χ2n) is 3.10. The molecular formula is C8H11NO6. The van der Waals surface area contributed by atoms with E-state index < -0.39 is 28.8 Å². The molecule has 1 rings (SSSR count). The summed E-state index contributed by atoms with van der Waals surface area (Å²) in [6.07, 6.45) is 0. The SMILES string of the molecule is NC(O)(O)C(O)(O)c1ccc(O)c(O)c1. The fraction of sp³-hybridized carbons (Fsp3) is 0.250. The second-order valence-corrected chi connectivity index (χ2v) is 3.10. The third-order valence-corrected chi connectivity index (χ3v) is 1.89. The van der Waals surface area contributed by atoms with Gasteiger partial charge in [-0.15, -0.1) is 0 Å². The van der Waals surface area contributed by atoms with Gasteiger partial charge in [0.25, 0.3) is 11.7 Å². The van der Waals surface area contributed by atoms with Gasteiger partial charge in [0.05, 0.1) is 0 Å². The van der Waals surface area contributed by atoms with Gasteiger partial charge in [-0.1, -0.05) is 0 Å². The minimum atomic E-state index is -3.30. The molecule has 0 aliphatic heterocycles. The molecule has 0 aromatic heterocycles. The quantitative estimate of drug-likeness (QED) is 0.220. The summed E-state index contributed by atoms with van der Waals surface area (Å²) in [5.74, 6) is -7.61. The molecule has 7 heteroatoms. The van der Waals surface area contributed by atoms with Gasteiger partial charge >= 0.3 is 0 Å². The van der Waals surface area contributed by atoms with Crippen LogP contribution in [-0.2, 0) is 5.79 Å². The van der Waals surface area contributed by atoms with Crippen molar-refractivity contribution >= 4 is 0 Å². The van der Waals surface area contributed by atoms with Crippen LogP contribution in [0.25, 0.3) is 0 Å². The fourth-order valence-electron chi connectivity index (χ4n) is 0.953. The van der Waals surface area contributed by atoms with E-state index in [-0.39, 0.29) is 0 Å². The molecule has 15 heavy (non-hydrogen) atoms. The number of hydrogen-bond donors (Lipinski definition) is 7. The van der Waals surface area contributed by atoms with E-state index in [0.29, 0.717) is 0 Å². The van der Waals surface area contributed by atoms with E-state index in [2.05, 4.69) is 0 Å². The molecule has 0 bridgehead atoms. The number of nitrogens with two attached hydrogens (primary N) is 1. The van der Waals surface area contributed by atoms with Gasteiger partial charge in [-0.2, -0.15) is 0 Å². The van der Waals surface area contributed by atoms with Crippen LogP contribution in [0, 0.1) is 0 Å². The zero-order chi connectivity index (χ0) is 11.9. The third kappa shape index (κ3) is 2.01. The number of rotatable bonds is 2. The highest BCUT2D eigenvalue weighted by atomic mass is 16.6. The maximum absolute atomic E-state index is 9.28. The zero-order valence-electron chi connectivity index (χ0n) is 7.49. The minimum absolute atomic E-state index is 0.481. The summed E-state index contributed by atoms with van der Waals surface area (Å²) < 4.78 is 0. The summed E-state index contributed by atoms with van der Waals surface area (Å²) in [5.41, 5.74) is 4.22. The lowest BCUT2D eigenvalue weighted by Crippen LogP contribution is -2.58. The van der Waals surface area contributed by atoms with Gasteiger partial charge in [-0.05, 0) is 18.2 Å². The molecule has 0 amide bonds. The molecule has 0 saturated carbocycles. The van der Waals surface area contributed by atoms with E-state index >= 15 is 0 Å². The number of phenolic OH excluding ortho intramolecular Hbond substituents is 2. The summed E-state index contributed by atoms with van der Waals surface area (Å²) in [5, 5.41) is 54.2. The first-order valence-electron chi connectivity index (χ1n) is 3.87. The molecule has 0 spiro atoms. The number of aromatic hydroxyl groups is 2. The van der Waals surface area contributed by atoms with Crippen molar-refractivity contribution in [2.24, 2.45) is 5.73 Å². The van der Waals surface area contributed by atoms with Crippen LogP contribution < -0.4 is 5.73 Å². The molecule has 0 fully saturated rings. The molecule has 84 valence electrons. The lowest BCUT2D eigenvalue weighted by atomic mass is 10.0. The molecule has 8 N–H and O–H groups in total. The van der Waals surface area contributed by atoms with E-state index in [1.54, 1.807) is 0 Å². The number of phenols is 2. The lowest BCUT2D eigenvalue weighted by Gasteiger charge is -2.31. The minimum Gasteiger partial charge on any atom is -0.504 e. The highest BCUT2D eigenvalue weighted by molar-refractivity contribution is 5.42.